The lowest BCUT2D eigenvalue weighted by atomic mass is 10.0. The summed E-state index contributed by atoms with van der Waals surface area (Å²) < 4.78 is 22.7. The summed E-state index contributed by atoms with van der Waals surface area (Å²) in [6, 6.07) is 0. The largest absolute Gasteiger partial charge is 0.545 e. The zero-order valence-corrected chi connectivity index (χ0v) is 58.4. The molecule has 9 heteroatoms. The fraction of sp³-hybridized carbons (Fsp3) is 0.598. The molecular formula is C82H131NO8. The van der Waals surface area contributed by atoms with Crippen molar-refractivity contribution in [3.63, 3.8) is 0 Å². The minimum atomic E-state index is -1.64. The maximum atomic E-state index is 12.9. The number of hydrogen-bond acceptors (Lipinski definition) is 8. The number of aliphatic carboxylic acids is 1. The summed E-state index contributed by atoms with van der Waals surface area (Å²) >= 11 is 0. The Bertz CT molecular complexity index is 2150. The Labute approximate surface area is 558 Å². The number of carboxylic acids is 1. The molecule has 2 atom stereocenters. The molecule has 0 amide bonds. The molecule has 0 spiro atoms. The third kappa shape index (κ3) is 71.7. The molecule has 0 heterocycles. The highest BCUT2D eigenvalue weighted by atomic mass is 16.7. The summed E-state index contributed by atoms with van der Waals surface area (Å²) in [6.45, 7) is 4.47. The molecule has 0 saturated heterocycles. The van der Waals surface area contributed by atoms with Crippen molar-refractivity contribution in [3.05, 3.63) is 182 Å². The van der Waals surface area contributed by atoms with Crippen LogP contribution in [0.3, 0.4) is 0 Å². The molecule has 0 aliphatic carbocycles. The second kappa shape index (κ2) is 70.3. The molecule has 0 fully saturated rings. The molecule has 0 N–H and O–H groups in total. The molecule has 0 radical (unpaired) electrons. The van der Waals surface area contributed by atoms with Crippen LogP contribution in [0.1, 0.15) is 258 Å². The van der Waals surface area contributed by atoms with Crippen molar-refractivity contribution >= 4 is 17.9 Å². The number of quaternary nitrogens is 1. The van der Waals surface area contributed by atoms with Crippen molar-refractivity contribution in [1.82, 2.24) is 0 Å². The van der Waals surface area contributed by atoms with Gasteiger partial charge in [-0.25, -0.2) is 0 Å². The average Bonchev–Trinajstić information content (AvgIpc) is 3.53. The van der Waals surface area contributed by atoms with E-state index in [-0.39, 0.29) is 32.7 Å². The van der Waals surface area contributed by atoms with E-state index in [0.717, 1.165) is 135 Å². The van der Waals surface area contributed by atoms with E-state index in [9.17, 15) is 19.5 Å². The van der Waals surface area contributed by atoms with Gasteiger partial charge >= 0.3 is 11.9 Å². The van der Waals surface area contributed by atoms with Crippen LogP contribution in [0.15, 0.2) is 182 Å². The summed E-state index contributed by atoms with van der Waals surface area (Å²) in [6.07, 6.45) is 104. The van der Waals surface area contributed by atoms with Gasteiger partial charge in [0, 0.05) is 12.8 Å². The Hall–Kier alpha value is -5.61. The summed E-state index contributed by atoms with van der Waals surface area (Å²) in [4.78, 5) is 37.5. The number of hydrogen-bond donors (Lipinski definition) is 0. The van der Waals surface area contributed by atoms with Gasteiger partial charge in [0.25, 0.3) is 0 Å². The summed E-state index contributed by atoms with van der Waals surface area (Å²) in [5, 5.41) is 11.8. The molecule has 0 aromatic carbocycles. The van der Waals surface area contributed by atoms with Crippen LogP contribution in [0.25, 0.3) is 0 Å². The molecule has 0 aromatic rings. The van der Waals surface area contributed by atoms with Crippen LogP contribution in [0.4, 0.5) is 0 Å². The van der Waals surface area contributed by atoms with Gasteiger partial charge in [0.1, 0.15) is 13.2 Å². The number of carbonyl (C=O) groups excluding carboxylic acids is 3. The van der Waals surface area contributed by atoms with Crippen LogP contribution in [-0.2, 0) is 33.3 Å². The van der Waals surface area contributed by atoms with E-state index in [0.29, 0.717) is 23.9 Å². The van der Waals surface area contributed by atoms with Crippen molar-refractivity contribution in [2.75, 3.05) is 47.5 Å². The van der Waals surface area contributed by atoms with Crippen molar-refractivity contribution in [1.29, 1.82) is 0 Å². The molecular weight excluding hydrogens is 1130 g/mol. The number of likely N-dealkylation sites (N-methyl/N-ethyl adjacent to an activating group) is 1. The molecule has 0 aliphatic heterocycles. The van der Waals surface area contributed by atoms with Crippen LogP contribution in [0, 0.1) is 0 Å². The molecule has 0 bridgehead atoms. The lowest BCUT2D eigenvalue weighted by Gasteiger charge is -2.26. The number of esters is 2. The third-order valence-corrected chi connectivity index (χ3v) is 14.6. The van der Waals surface area contributed by atoms with Crippen molar-refractivity contribution < 1.29 is 42.9 Å². The molecule has 0 saturated carbocycles. The van der Waals surface area contributed by atoms with Crippen LogP contribution >= 0.6 is 0 Å². The second-order valence-electron chi connectivity index (χ2n) is 24.4. The SMILES string of the molecule is CC/C=C\C/C=C\C/C=C\C/C=C\C/C=C\C/C=C\C/C=C\C/C=C\CCCCCCCCCCCCCCCCCCC(=O)OC(COC(=O)CCCCC/C=C\C/C=C\C/C=C\C/C=C\C/C=C\C/C=C\C/C=C\CC)COC(OCC[N+](C)(C)C)C(=O)[O-]. The number of rotatable bonds is 64. The highest BCUT2D eigenvalue weighted by molar-refractivity contribution is 5.70. The van der Waals surface area contributed by atoms with Gasteiger partial charge in [-0.2, -0.15) is 0 Å². The fourth-order valence-electron chi connectivity index (χ4n) is 9.24. The monoisotopic (exact) mass is 1260 g/mol. The Balaban J connectivity index is 4.15. The van der Waals surface area contributed by atoms with Crippen LogP contribution < -0.4 is 5.11 Å². The summed E-state index contributed by atoms with van der Waals surface area (Å²) in [5.74, 6) is -2.34. The van der Waals surface area contributed by atoms with E-state index >= 15 is 0 Å². The van der Waals surface area contributed by atoms with Gasteiger partial charge in [0.15, 0.2) is 12.4 Å². The average molecular weight is 1260 g/mol. The normalized spacial score (nSPS) is 13.8. The smallest absolute Gasteiger partial charge is 0.306 e. The third-order valence-electron chi connectivity index (χ3n) is 14.6. The lowest BCUT2D eigenvalue weighted by Crippen LogP contribution is -2.44. The van der Waals surface area contributed by atoms with E-state index in [1.54, 1.807) is 0 Å². The predicted octanol–water partition coefficient (Wildman–Crippen LogP) is 21.5. The maximum Gasteiger partial charge on any atom is 0.306 e. The van der Waals surface area contributed by atoms with Crippen molar-refractivity contribution in [2.24, 2.45) is 0 Å². The maximum absolute atomic E-state index is 12.9. The molecule has 0 aliphatic rings. The summed E-state index contributed by atoms with van der Waals surface area (Å²) in [5.41, 5.74) is 0. The van der Waals surface area contributed by atoms with Gasteiger partial charge in [-0.05, 0) is 135 Å². The van der Waals surface area contributed by atoms with E-state index < -0.39 is 30.3 Å². The first kappa shape index (κ1) is 85.4. The quantitative estimate of drug-likeness (QED) is 0.0195. The molecule has 512 valence electrons. The van der Waals surface area contributed by atoms with Crippen LogP contribution in [0.2, 0.25) is 0 Å². The Morgan fingerprint density at radius 1 is 0.330 bits per heavy atom. The number of carbonyl (C=O) groups is 3. The highest BCUT2D eigenvalue weighted by Gasteiger charge is 2.22. The van der Waals surface area contributed by atoms with Gasteiger partial charge < -0.3 is 33.3 Å². The minimum absolute atomic E-state index is 0.133. The van der Waals surface area contributed by atoms with Gasteiger partial charge in [0.05, 0.1) is 40.3 Å². The van der Waals surface area contributed by atoms with Crippen molar-refractivity contribution in [2.45, 2.75) is 270 Å². The predicted molar refractivity (Wildman–Crippen MR) is 388 cm³/mol. The molecule has 2 unspecified atom stereocenters. The van der Waals surface area contributed by atoms with E-state index in [2.05, 4.69) is 196 Å². The number of carboxylic acid groups (broad SMARTS) is 1. The Morgan fingerprint density at radius 3 is 0.890 bits per heavy atom. The first-order chi connectivity index (χ1) is 44.6. The van der Waals surface area contributed by atoms with Gasteiger partial charge in [0.2, 0.25) is 0 Å². The first-order valence-corrected chi connectivity index (χ1v) is 35.9. The van der Waals surface area contributed by atoms with Crippen LogP contribution in [-0.4, -0.2) is 82.3 Å². The number of allylic oxidation sites excluding steroid dienone is 30. The molecule has 91 heavy (non-hydrogen) atoms. The minimum Gasteiger partial charge on any atom is -0.545 e. The summed E-state index contributed by atoms with van der Waals surface area (Å²) in [7, 11) is 5.91. The standard InChI is InChI=1S/C82H131NO8/c1-6-8-10-12-14-16-18-20-22-24-26-28-30-32-33-34-35-36-37-38-39-40-41-42-43-44-45-46-47-49-51-53-55-57-59-61-63-65-67-69-71-73-80(85)91-78(77-90-82(81(86)87)88-75-74-83(3,4)5)76-89-79(84)72-70-68-66-64-62-60-58-56-54-52-50-48-31-29-27-25-23-21-19-17-15-13-11-9-7-2/h8-11,14-17,20-23,26-29,32-33,35-36,38-39,41-42,48,50,54,56,60,62,78,82H,6-7,12-13,18-19,24-25,30-31,34,37,40,43-47,49,51-53,55,57-59,61,63-77H2,1-5H3/b10-8-,11-9-,16-14-,17-15-,22-20-,23-21-,28-26-,29-27-,33-32-,36-35-,39-38-,42-41-,50-48-,56-54-,62-60-. The van der Waals surface area contributed by atoms with Crippen molar-refractivity contribution in [3.8, 4) is 0 Å². The Kier molecular flexibility index (Phi) is 65.9. The number of nitrogens with zero attached hydrogens (tertiary/aromatic N) is 1. The van der Waals surface area contributed by atoms with E-state index in [4.69, 9.17) is 18.9 Å². The van der Waals surface area contributed by atoms with E-state index in [1.807, 2.05) is 21.1 Å². The van der Waals surface area contributed by atoms with Crippen LogP contribution in [0.5, 0.6) is 0 Å². The van der Waals surface area contributed by atoms with Gasteiger partial charge in [-0.1, -0.05) is 292 Å². The molecule has 0 rings (SSSR count). The van der Waals surface area contributed by atoms with Gasteiger partial charge in [-0.15, -0.1) is 0 Å². The molecule has 0 aromatic heterocycles. The second-order valence-corrected chi connectivity index (χ2v) is 24.4. The molecule has 9 nitrogen and oxygen atoms in total. The highest BCUT2D eigenvalue weighted by Crippen LogP contribution is 2.16. The lowest BCUT2D eigenvalue weighted by molar-refractivity contribution is -0.870. The zero-order valence-electron chi connectivity index (χ0n) is 58.4. The number of ether oxygens (including phenoxy) is 4. The van der Waals surface area contributed by atoms with Gasteiger partial charge in [-0.3, -0.25) is 9.59 Å². The fourth-order valence-corrected chi connectivity index (χ4v) is 9.24. The van der Waals surface area contributed by atoms with E-state index in [1.165, 1.54) is 83.5 Å². The zero-order chi connectivity index (χ0) is 66.1. The first-order valence-electron chi connectivity index (χ1n) is 35.9. The topological polar surface area (TPSA) is 111 Å². The Morgan fingerprint density at radius 2 is 0.593 bits per heavy atom. The number of unbranched alkanes of at least 4 members (excludes halogenated alkanes) is 19.